The lowest BCUT2D eigenvalue weighted by Crippen LogP contribution is -2.56. The number of aromatic nitrogens is 3. The molecule has 12 nitrogen and oxygen atoms in total. The first kappa shape index (κ1) is 27.8. The number of aliphatic hydroxyl groups is 1. The molecule has 3 fully saturated rings. The average Bonchev–Trinajstić information content (AvgIpc) is 3.45. The van der Waals surface area contributed by atoms with Gasteiger partial charge in [0.1, 0.15) is 30.4 Å². The summed E-state index contributed by atoms with van der Waals surface area (Å²) in [7, 11) is 0. The maximum absolute atomic E-state index is 12.1. The second kappa shape index (κ2) is 12.3. The van der Waals surface area contributed by atoms with Gasteiger partial charge in [0.2, 0.25) is 5.95 Å². The molecule has 3 aliphatic heterocycles. The molecule has 0 radical (unpaired) electrons. The molecular formula is C30H34N8O4. The van der Waals surface area contributed by atoms with Gasteiger partial charge in [-0.1, -0.05) is 0 Å². The van der Waals surface area contributed by atoms with E-state index < -0.39 is 6.10 Å². The number of rotatable bonds is 8. The number of ether oxygens (including phenoxy) is 2. The molecule has 0 aliphatic carbocycles. The van der Waals surface area contributed by atoms with E-state index in [1.165, 1.54) is 18.9 Å². The number of nitriles is 1. The Bertz CT molecular complexity index is 1450. The molecule has 0 saturated carbocycles. The number of hydrogen-bond donors (Lipinski definition) is 2. The molecular weight excluding hydrogens is 536 g/mol. The normalized spacial score (nSPS) is 20.1. The van der Waals surface area contributed by atoms with Crippen LogP contribution in [0.15, 0.2) is 48.8 Å². The van der Waals surface area contributed by atoms with Gasteiger partial charge >= 0.3 is 0 Å². The number of hydrogen-bond acceptors (Lipinski definition) is 11. The minimum atomic E-state index is -1.05. The summed E-state index contributed by atoms with van der Waals surface area (Å²) in [5, 5.41) is 22.6. The molecule has 6 rings (SSSR count). The number of carbonyl (C=O) groups is 1. The number of carbonyl (C=O) groups excluding carboxylic acids is 1. The number of piperazine rings is 1. The van der Waals surface area contributed by atoms with Gasteiger partial charge in [-0.15, -0.1) is 0 Å². The second-order valence-corrected chi connectivity index (χ2v) is 10.8. The quantitative estimate of drug-likeness (QED) is 0.411. The predicted molar refractivity (Wildman–Crippen MR) is 155 cm³/mol. The van der Waals surface area contributed by atoms with Crippen molar-refractivity contribution in [1.29, 1.82) is 5.26 Å². The van der Waals surface area contributed by atoms with Crippen LogP contribution in [0.3, 0.4) is 0 Å². The Morgan fingerprint density at radius 2 is 1.90 bits per heavy atom. The van der Waals surface area contributed by atoms with E-state index in [2.05, 4.69) is 48.3 Å². The third kappa shape index (κ3) is 6.13. The van der Waals surface area contributed by atoms with E-state index in [9.17, 15) is 15.2 Å². The summed E-state index contributed by atoms with van der Waals surface area (Å²) in [4.78, 5) is 31.7. The number of likely N-dealkylation sites (tertiary alicyclic amines) is 1. The smallest absolute Gasteiger partial charge is 0.251 e. The van der Waals surface area contributed by atoms with Crippen molar-refractivity contribution < 1.29 is 19.4 Å². The van der Waals surface area contributed by atoms with Gasteiger partial charge in [0, 0.05) is 56.1 Å². The van der Waals surface area contributed by atoms with Crippen molar-refractivity contribution in [2.45, 2.75) is 31.6 Å². The van der Waals surface area contributed by atoms with Crippen molar-refractivity contribution >= 4 is 23.2 Å². The lowest BCUT2D eigenvalue weighted by molar-refractivity contribution is -0.138. The van der Waals surface area contributed by atoms with Crippen LogP contribution in [0.2, 0.25) is 0 Å². The summed E-state index contributed by atoms with van der Waals surface area (Å²) in [5.74, 6) is 0.942. The number of amides is 1. The summed E-state index contributed by atoms with van der Waals surface area (Å²) in [6.07, 6.45) is 0.767. The zero-order chi connectivity index (χ0) is 29.1. The predicted octanol–water partition coefficient (Wildman–Crippen LogP) is 2.04. The fraction of sp³-hybridized carbons (Fsp3) is 0.433. The highest BCUT2D eigenvalue weighted by molar-refractivity contribution is 5.80. The summed E-state index contributed by atoms with van der Waals surface area (Å²) in [5.41, 5.74) is 3.06. The van der Waals surface area contributed by atoms with Crippen LogP contribution in [0, 0.1) is 11.3 Å². The van der Waals surface area contributed by atoms with Crippen molar-refractivity contribution in [2.75, 3.05) is 62.7 Å². The molecule has 2 atom stereocenters. The van der Waals surface area contributed by atoms with E-state index in [-0.39, 0.29) is 12.0 Å². The molecule has 0 spiro atoms. The third-order valence-electron chi connectivity index (χ3n) is 7.98. The van der Waals surface area contributed by atoms with Gasteiger partial charge in [0.05, 0.1) is 31.4 Å². The maximum atomic E-state index is 12.1. The van der Waals surface area contributed by atoms with E-state index >= 15 is 0 Å². The minimum absolute atomic E-state index is 0.253. The maximum Gasteiger partial charge on any atom is 0.251 e. The summed E-state index contributed by atoms with van der Waals surface area (Å²) < 4.78 is 11.4. The van der Waals surface area contributed by atoms with E-state index in [1.54, 1.807) is 23.1 Å². The molecule has 1 aromatic heterocycles. The molecule has 3 aromatic rings. The van der Waals surface area contributed by atoms with E-state index in [0.29, 0.717) is 54.2 Å². The van der Waals surface area contributed by atoms with Crippen molar-refractivity contribution in [3.63, 3.8) is 0 Å². The van der Waals surface area contributed by atoms with E-state index in [1.807, 2.05) is 12.1 Å². The summed E-state index contributed by atoms with van der Waals surface area (Å²) in [6, 6.07) is 16.2. The molecule has 12 heteroatoms. The van der Waals surface area contributed by atoms with Gasteiger partial charge in [0.25, 0.3) is 5.91 Å². The van der Waals surface area contributed by atoms with Crippen LogP contribution in [-0.4, -0.2) is 106 Å². The Kier molecular flexibility index (Phi) is 8.14. The zero-order valence-electron chi connectivity index (χ0n) is 23.5. The molecule has 0 bridgehead atoms. The van der Waals surface area contributed by atoms with Gasteiger partial charge in [0.15, 0.2) is 5.82 Å². The standard InChI is InChI=1S/C30H34N8O4/c1-20(39)29(40)38-9-8-26(16-38)42-27-7-2-21(14-22(27)15-31)28-32-19-33-30(35-28)34-23-3-5-24(6-4-23)36-10-12-37(13-11-36)25-17-41-18-25/h2-7,14,19-20,25-26,39H,8-13,16-18H2,1H3,(H,32,33,34,35)/t20-,26-/m1/s1. The highest BCUT2D eigenvalue weighted by Crippen LogP contribution is 2.28. The van der Waals surface area contributed by atoms with Gasteiger partial charge in [-0.2, -0.15) is 10.2 Å². The summed E-state index contributed by atoms with van der Waals surface area (Å²) >= 11 is 0. The number of aliphatic hydroxyl groups excluding tert-OH is 1. The Hall–Kier alpha value is -4.31. The first-order valence-electron chi connectivity index (χ1n) is 14.3. The highest BCUT2D eigenvalue weighted by atomic mass is 16.5. The van der Waals surface area contributed by atoms with Crippen LogP contribution < -0.4 is 15.0 Å². The highest BCUT2D eigenvalue weighted by Gasteiger charge is 2.30. The second-order valence-electron chi connectivity index (χ2n) is 10.8. The first-order chi connectivity index (χ1) is 20.5. The Morgan fingerprint density at radius 1 is 1.12 bits per heavy atom. The largest absolute Gasteiger partial charge is 0.487 e. The Morgan fingerprint density at radius 3 is 2.60 bits per heavy atom. The van der Waals surface area contributed by atoms with E-state index in [0.717, 1.165) is 45.1 Å². The average molecular weight is 571 g/mol. The first-order valence-corrected chi connectivity index (χ1v) is 14.3. The topological polar surface area (TPSA) is 140 Å². The van der Waals surface area contributed by atoms with Crippen molar-refractivity contribution in [1.82, 2.24) is 24.8 Å². The minimum Gasteiger partial charge on any atom is -0.487 e. The van der Waals surface area contributed by atoms with Crippen molar-refractivity contribution in [3.05, 3.63) is 54.4 Å². The lowest BCUT2D eigenvalue weighted by atomic mass is 10.1. The Balaban J connectivity index is 1.08. The van der Waals surface area contributed by atoms with Crippen molar-refractivity contribution in [3.8, 4) is 23.2 Å². The van der Waals surface area contributed by atoms with E-state index in [4.69, 9.17) is 9.47 Å². The van der Waals surface area contributed by atoms with Crippen molar-refractivity contribution in [2.24, 2.45) is 0 Å². The number of nitrogens with zero attached hydrogens (tertiary/aromatic N) is 7. The SMILES string of the molecule is C[C@@H](O)C(=O)N1CC[C@@H](Oc2ccc(-c3ncnc(Nc4ccc(N5CCN(C6COC6)CC5)cc4)n3)cc2C#N)C1. The molecule has 3 aliphatic rings. The number of benzene rings is 2. The van der Waals surface area contributed by atoms with Crippen LogP contribution >= 0.6 is 0 Å². The van der Waals surface area contributed by atoms with Crippen LogP contribution in [0.1, 0.15) is 18.9 Å². The third-order valence-corrected chi connectivity index (χ3v) is 7.98. The van der Waals surface area contributed by atoms with Gasteiger partial charge in [-0.3, -0.25) is 9.69 Å². The fourth-order valence-electron chi connectivity index (χ4n) is 5.49. The van der Waals surface area contributed by atoms with Gasteiger partial charge in [-0.05, 0) is 49.4 Å². The number of anilines is 3. The molecule has 42 heavy (non-hydrogen) atoms. The van der Waals surface area contributed by atoms with Gasteiger partial charge in [-0.25, -0.2) is 9.97 Å². The molecule has 2 aromatic carbocycles. The van der Waals surface area contributed by atoms with Crippen LogP contribution in [-0.2, 0) is 9.53 Å². The van der Waals surface area contributed by atoms with Crippen LogP contribution in [0.25, 0.3) is 11.4 Å². The lowest BCUT2D eigenvalue weighted by Gasteiger charge is -2.43. The molecule has 4 heterocycles. The zero-order valence-corrected chi connectivity index (χ0v) is 23.5. The summed E-state index contributed by atoms with van der Waals surface area (Å²) in [6.45, 7) is 8.13. The molecule has 3 saturated heterocycles. The monoisotopic (exact) mass is 570 g/mol. The van der Waals surface area contributed by atoms with Crippen LogP contribution in [0.4, 0.5) is 17.3 Å². The molecule has 218 valence electrons. The molecule has 1 amide bonds. The molecule has 0 unspecified atom stereocenters. The number of nitrogens with one attached hydrogen (secondary N) is 1. The fourth-order valence-corrected chi connectivity index (χ4v) is 5.49. The Labute approximate surface area is 244 Å². The van der Waals surface area contributed by atoms with Gasteiger partial charge < -0.3 is 29.7 Å². The molecule has 2 N–H and O–H groups in total. The van der Waals surface area contributed by atoms with Crippen LogP contribution in [0.5, 0.6) is 5.75 Å².